The van der Waals surface area contributed by atoms with Crippen LogP contribution in [0.15, 0.2) is 54.7 Å². The highest BCUT2D eigenvalue weighted by Gasteiger charge is 2.05. The number of benzene rings is 2. The average molecular weight is 257 g/mol. The van der Waals surface area contributed by atoms with Crippen LogP contribution in [0, 0.1) is 0 Å². The van der Waals surface area contributed by atoms with Crippen molar-refractivity contribution < 1.29 is 4.74 Å². The van der Waals surface area contributed by atoms with Crippen molar-refractivity contribution in [1.29, 1.82) is 0 Å². The molecule has 4 heteroatoms. The SMILES string of the molecule is Clc1ccc(Oc2nncc3ccccc23)cc1. The summed E-state index contributed by atoms with van der Waals surface area (Å²) in [5.74, 6) is 1.18. The summed E-state index contributed by atoms with van der Waals surface area (Å²) in [6.07, 6.45) is 1.71. The van der Waals surface area contributed by atoms with E-state index in [9.17, 15) is 0 Å². The third-order valence-electron chi connectivity index (χ3n) is 2.56. The second-order valence-electron chi connectivity index (χ2n) is 3.79. The van der Waals surface area contributed by atoms with E-state index in [1.54, 1.807) is 30.5 Å². The van der Waals surface area contributed by atoms with E-state index in [2.05, 4.69) is 10.2 Å². The standard InChI is InChI=1S/C14H9ClN2O/c15-11-5-7-12(8-6-11)18-14-13-4-2-1-3-10(13)9-16-17-14/h1-9H. The van der Waals surface area contributed by atoms with Gasteiger partial charge in [-0.3, -0.25) is 0 Å². The van der Waals surface area contributed by atoms with E-state index in [0.29, 0.717) is 16.7 Å². The van der Waals surface area contributed by atoms with Crippen molar-refractivity contribution in [3.63, 3.8) is 0 Å². The molecular formula is C14H9ClN2O. The van der Waals surface area contributed by atoms with Gasteiger partial charge in [0.15, 0.2) is 0 Å². The van der Waals surface area contributed by atoms with Crippen LogP contribution >= 0.6 is 11.6 Å². The number of rotatable bonds is 2. The highest BCUT2D eigenvalue weighted by atomic mass is 35.5. The molecule has 0 saturated carbocycles. The Hall–Kier alpha value is -2.13. The van der Waals surface area contributed by atoms with Crippen molar-refractivity contribution in [3.05, 3.63) is 59.8 Å². The maximum Gasteiger partial charge on any atom is 0.246 e. The molecule has 0 aliphatic heterocycles. The molecule has 2 aromatic carbocycles. The fraction of sp³-hybridized carbons (Fsp3) is 0. The van der Waals surface area contributed by atoms with Gasteiger partial charge in [-0.25, -0.2) is 0 Å². The minimum Gasteiger partial charge on any atom is -0.437 e. The van der Waals surface area contributed by atoms with Gasteiger partial charge in [-0.15, -0.1) is 5.10 Å². The Balaban J connectivity index is 2.02. The largest absolute Gasteiger partial charge is 0.437 e. The van der Waals surface area contributed by atoms with Gasteiger partial charge in [0.25, 0.3) is 0 Å². The molecule has 0 bridgehead atoms. The molecule has 18 heavy (non-hydrogen) atoms. The van der Waals surface area contributed by atoms with Crippen LogP contribution in [-0.4, -0.2) is 10.2 Å². The molecule has 0 saturated heterocycles. The fourth-order valence-electron chi connectivity index (χ4n) is 1.69. The first-order valence-corrected chi connectivity index (χ1v) is 5.84. The zero-order valence-corrected chi connectivity index (χ0v) is 10.1. The highest BCUT2D eigenvalue weighted by molar-refractivity contribution is 6.30. The summed E-state index contributed by atoms with van der Waals surface area (Å²) in [6.45, 7) is 0. The monoisotopic (exact) mass is 256 g/mol. The lowest BCUT2D eigenvalue weighted by Crippen LogP contribution is -1.91. The molecule has 0 radical (unpaired) electrons. The summed E-state index contributed by atoms with van der Waals surface area (Å²) in [4.78, 5) is 0. The number of fused-ring (bicyclic) bond motifs is 1. The number of halogens is 1. The van der Waals surface area contributed by atoms with E-state index in [0.717, 1.165) is 10.8 Å². The van der Waals surface area contributed by atoms with Crippen LogP contribution in [0.25, 0.3) is 10.8 Å². The minimum atomic E-state index is 0.496. The van der Waals surface area contributed by atoms with E-state index >= 15 is 0 Å². The second kappa shape index (κ2) is 4.63. The van der Waals surface area contributed by atoms with Gasteiger partial charge in [0, 0.05) is 15.8 Å². The van der Waals surface area contributed by atoms with Gasteiger partial charge >= 0.3 is 0 Å². The molecule has 0 aliphatic rings. The fourth-order valence-corrected chi connectivity index (χ4v) is 1.82. The van der Waals surface area contributed by atoms with Crippen LogP contribution < -0.4 is 4.74 Å². The lowest BCUT2D eigenvalue weighted by Gasteiger charge is -2.06. The van der Waals surface area contributed by atoms with Crippen molar-refractivity contribution in [1.82, 2.24) is 10.2 Å². The number of hydrogen-bond donors (Lipinski definition) is 0. The third kappa shape index (κ3) is 2.13. The van der Waals surface area contributed by atoms with Crippen molar-refractivity contribution in [2.75, 3.05) is 0 Å². The summed E-state index contributed by atoms with van der Waals surface area (Å²) in [7, 11) is 0. The van der Waals surface area contributed by atoms with Gasteiger partial charge < -0.3 is 4.74 Å². The quantitative estimate of drug-likeness (QED) is 0.693. The Morgan fingerprint density at radius 2 is 1.72 bits per heavy atom. The Labute approximate surface area is 109 Å². The summed E-state index contributed by atoms with van der Waals surface area (Å²) >= 11 is 5.83. The van der Waals surface area contributed by atoms with Crippen molar-refractivity contribution in [2.24, 2.45) is 0 Å². The Morgan fingerprint density at radius 1 is 0.944 bits per heavy atom. The second-order valence-corrected chi connectivity index (χ2v) is 4.23. The van der Waals surface area contributed by atoms with Gasteiger partial charge in [0.2, 0.25) is 5.88 Å². The first-order chi connectivity index (χ1) is 8.83. The molecular weight excluding hydrogens is 248 g/mol. The van der Waals surface area contributed by atoms with E-state index in [4.69, 9.17) is 16.3 Å². The first kappa shape index (κ1) is 11.0. The molecule has 0 N–H and O–H groups in total. The van der Waals surface area contributed by atoms with Crippen molar-refractivity contribution in [2.45, 2.75) is 0 Å². The lowest BCUT2D eigenvalue weighted by atomic mass is 10.2. The van der Waals surface area contributed by atoms with Crippen LogP contribution in [0.5, 0.6) is 11.6 Å². The van der Waals surface area contributed by atoms with Crippen LogP contribution in [0.3, 0.4) is 0 Å². The van der Waals surface area contributed by atoms with Gasteiger partial charge in [-0.1, -0.05) is 29.8 Å². The Bertz CT molecular complexity index is 677. The molecule has 3 nitrogen and oxygen atoms in total. The molecule has 0 atom stereocenters. The molecule has 0 fully saturated rings. The van der Waals surface area contributed by atoms with Crippen LogP contribution in [0.4, 0.5) is 0 Å². The molecule has 3 rings (SSSR count). The van der Waals surface area contributed by atoms with Crippen molar-refractivity contribution >= 4 is 22.4 Å². The van der Waals surface area contributed by atoms with Gasteiger partial charge in [-0.2, -0.15) is 5.10 Å². The number of nitrogens with zero attached hydrogens (tertiary/aromatic N) is 2. The highest BCUT2D eigenvalue weighted by Crippen LogP contribution is 2.27. The summed E-state index contributed by atoms with van der Waals surface area (Å²) in [5.41, 5.74) is 0. The normalized spacial score (nSPS) is 10.5. The molecule has 0 amide bonds. The molecule has 0 aliphatic carbocycles. The van der Waals surface area contributed by atoms with Crippen LogP contribution in [0.1, 0.15) is 0 Å². The van der Waals surface area contributed by atoms with E-state index < -0.39 is 0 Å². The summed E-state index contributed by atoms with van der Waals surface area (Å²) < 4.78 is 5.71. The Morgan fingerprint density at radius 3 is 2.56 bits per heavy atom. The van der Waals surface area contributed by atoms with Crippen LogP contribution in [-0.2, 0) is 0 Å². The first-order valence-electron chi connectivity index (χ1n) is 5.47. The predicted octanol–water partition coefficient (Wildman–Crippen LogP) is 4.08. The molecule has 3 aromatic rings. The zero-order valence-electron chi connectivity index (χ0n) is 9.38. The molecule has 0 spiro atoms. The van der Waals surface area contributed by atoms with E-state index in [1.165, 1.54) is 0 Å². The van der Waals surface area contributed by atoms with Gasteiger partial charge in [0.05, 0.1) is 6.20 Å². The molecule has 0 unspecified atom stereocenters. The molecule has 88 valence electrons. The van der Waals surface area contributed by atoms with E-state index in [-0.39, 0.29) is 0 Å². The predicted molar refractivity (Wildman–Crippen MR) is 71.1 cm³/mol. The van der Waals surface area contributed by atoms with Gasteiger partial charge in [-0.05, 0) is 30.3 Å². The number of hydrogen-bond acceptors (Lipinski definition) is 3. The maximum atomic E-state index is 5.83. The summed E-state index contributed by atoms with van der Waals surface area (Å²) in [5, 5.41) is 10.5. The lowest BCUT2D eigenvalue weighted by molar-refractivity contribution is 0.462. The van der Waals surface area contributed by atoms with Crippen LogP contribution in [0.2, 0.25) is 5.02 Å². The molecule has 1 aromatic heterocycles. The Kier molecular flexibility index (Phi) is 2.82. The number of ether oxygens (including phenoxy) is 1. The molecule has 1 heterocycles. The topological polar surface area (TPSA) is 35.0 Å². The average Bonchev–Trinajstić information content (AvgIpc) is 2.42. The summed E-state index contributed by atoms with van der Waals surface area (Å²) in [6, 6.07) is 15.0. The minimum absolute atomic E-state index is 0.496. The smallest absolute Gasteiger partial charge is 0.246 e. The van der Waals surface area contributed by atoms with Crippen molar-refractivity contribution in [3.8, 4) is 11.6 Å². The third-order valence-corrected chi connectivity index (χ3v) is 2.82. The van der Waals surface area contributed by atoms with E-state index in [1.807, 2.05) is 24.3 Å². The maximum absolute atomic E-state index is 5.83. The van der Waals surface area contributed by atoms with Gasteiger partial charge in [0.1, 0.15) is 5.75 Å². The zero-order chi connectivity index (χ0) is 12.4. The number of aromatic nitrogens is 2.